The number of carbonyl (C=O) groups is 1. The van der Waals surface area contributed by atoms with Crippen molar-refractivity contribution in [1.29, 1.82) is 0 Å². The number of hydrogen-bond acceptors (Lipinski definition) is 4. The van der Waals surface area contributed by atoms with Crippen LogP contribution in [0.4, 0.5) is 0 Å². The average Bonchev–Trinajstić information content (AvgIpc) is 3.02. The molecule has 0 saturated carbocycles. The van der Waals surface area contributed by atoms with E-state index in [1.54, 1.807) is 19.0 Å². The Balaban J connectivity index is 0.00000363. The second-order valence-corrected chi connectivity index (χ2v) is 7.60. The molecular weight excluding hydrogens is 519 g/mol. The Labute approximate surface area is 207 Å². The van der Waals surface area contributed by atoms with Gasteiger partial charge in [-0.05, 0) is 48.7 Å². The van der Waals surface area contributed by atoms with Crippen molar-refractivity contribution in [3.05, 3.63) is 59.2 Å². The van der Waals surface area contributed by atoms with E-state index in [2.05, 4.69) is 10.6 Å². The van der Waals surface area contributed by atoms with Crippen LogP contribution in [0.5, 0.6) is 11.5 Å². The fourth-order valence-corrected chi connectivity index (χ4v) is 3.26. The van der Waals surface area contributed by atoms with Gasteiger partial charge < -0.3 is 25.0 Å². The summed E-state index contributed by atoms with van der Waals surface area (Å²) in [5.41, 5.74) is 2.88. The SMILES string of the molecule is CCNC(=NCc1ccc2c(c1)OCCCO2)NCCc1cccc(C(=O)N(C)C)c1.I. The number of halogens is 1. The normalized spacial score (nSPS) is 12.9. The quantitative estimate of drug-likeness (QED) is 0.313. The number of rotatable bonds is 7. The van der Waals surface area contributed by atoms with Crippen molar-refractivity contribution in [3.8, 4) is 11.5 Å². The lowest BCUT2D eigenvalue weighted by Gasteiger charge is -2.13. The van der Waals surface area contributed by atoms with Gasteiger partial charge in [0, 0.05) is 39.2 Å². The molecule has 3 rings (SSSR count). The van der Waals surface area contributed by atoms with E-state index in [9.17, 15) is 4.79 Å². The second kappa shape index (κ2) is 13.1. The van der Waals surface area contributed by atoms with E-state index in [4.69, 9.17) is 14.5 Å². The maximum absolute atomic E-state index is 12.2. The topological polar surface area (TPSA) is 75.2 Å². The van der Waals surface area contributed by atoms with Crippen molar-refractivity contribution >= 4 is 35.8 Å². The summed E-state index contributed by atoms with van der Waals surface area (Å²) < 4.78 is 11.5. The first-order valence-corrected chi connectivity index (χ1v) is 10.8. The first-order valence-electron chi connectivity index (χ1n) is 10.8. The summed E-state index contributed by atoms with van der Waals surface area (Å²) in [5, 5.41) is 6.65. The highest BCUT2D eigenvalue weighted by molar-refractivity contribution is 14.0. The van der Waals surface area contributed by atoms with Gasteiger partial charge in [-0.15, -0.1) is 24.0 Å². The number of guanidine groups is 1. The number of nitrogens with zero attached hydrogens (tertiary/aromatic N) is 2. The van der Waals surface area contributed by atoms with Crippen molar-refractivity contribution in [2.24, 2.45) is 4.99 Å². The first kappa shape index (κ1) is 25.8. The molecule has 0 unspecified atom stereocenters. The predicted molar refractivity (Wildman–Crippen MR) is 138 cm³/mol. The van der Waals surface area contributed by atoms with Crippen molar-refractivity contribution in [2.75, 3.05) is 40.4 Å². The number of ether oxygens (including phenoxy) is 2. The third-order valence-corrected chi connectivity index (χ3v) is 4.86. The van der Waals surface area contributed by atoms with Gasteiger partial charge in [-0.25, -0.2) is 4.99 Å². The van der Waals surface area contributed by atoms with Crippen molar-refractivity contribution in [2.45, 2.75) is 26.3 Å². The Bertz CT molecular complexity index is 918. The average molecular weight is 552 g/mol. The highest BCUT2D eigenvalue weighted by atomic mass is 127. The minimum absolute atomic E-state index is 0. The number of carbonyl (C=O) groups excluding carboxylic acids is 1. The molecule has 0 aromatic heterocycles. The molecular formula is C24H33IN4O3. The van der Waals surface area contributed by atoms with Crippen LogP contribution in [0, 0.1) is 0 Å². The monoisotopic (exact) mass is 552 g/mol. The number of nitrogens with one attached hydrogen (secondary N) is 2. The summed E-state index contributed by atoms with van der Waals surface area (Å²) in [6, 6.07) is 13.7. The highest BCUT2D eigenvalue weighted by Gasteiger charge is 2.11. The molecule has 0 spiro atoms. The lowest BCUT2D eigenvalue weighted by Crippen LogP contribution is -2.38. The van der Waals surface area contributed by atoms with Crippen LogP contribution in [0.2, 0.25) is 0 Å². The highest BCUT2D eigenvalue weighted by Crippen LogP contribution is 2.30. The number of benzene rings is 2. The molecule has 32 heavy (non-hydrogen) atoms. The molecule has 0 aliphatic carbocycles. The van der Waals surface area contributed by atoms with Gasteiger partial charge in [0.25, 0.3) is 5.91 Å². The summed E-state index contributed by atoms with van der Waals surface area (Å²) in [6.07, 6.45) is 1.69. The lowest BCUT2D eigenvalue weighted by atomic mass is 10.1. The Hall–Kier alpha value is -2.49. The molecule has 8 heteroatoms. The maximum atomic E-state index is 12.2. The first-order chi connectivity index (χ1) is 15.1. The van der Waals surface area contributed by atoms with Gasteiger partial charge in [0.1, 0.15) is 0 Å². The number of fused-ring (bicyclic) bond motifs is 1. The summed E-state index contributed by atoms with van der Waals surface area (Å²) in [6.45, 7) is 5.43. The smallest absolute Gasteiger partial charge is 0.253 e. The molecule has 2 aromatic carbocycles. The molecule has 1 amide bonds. The van der Waals surface area contributed by atoms with Crippen molar-refractivity contribution in [1.82, 2.24) is 15.5 Å². The van der Waals surface area contributed by atoms with E-state index in [1.165, 1.54) is 0 Å². The van der Waals surface area contributed by atoms with Crippen molar-refractivity contribution in [3.63, 3.8) is 0 Å². The zero-order valence-corrected chi connectivity index (χ0v) is 21.3. The molecule has 2 aromatic rings. The van der Waals surface area contributed by atoms with Crippen LogP contribution < -0.4 is 20.1 Å². The maximum Gasteiger partial charge on any atom is 0.253 e. The minimum atomic E-state index is 0. The Morgan fingerprint density at radius 1 is 1.03 bits per heavy atom. The third kappa shape index (κ3) is 7.58. The van der Waals surface area contributed by atoms with Crippen LogP contribution in [-0.4, -0.2) is 57.2 Å². The van der Waals surface area contributed by atoms with Crippen LogP contribution in [0.15, 0.2) is 47.5 Å². The van der Waals surface area contributed by atoms with E-state index in [-0.39, 0.29) is 29.9 Å². The van der Waals surface area contributed by atoms with Gasteiger partial charge in [0.2, 0.25) is 0 Å². The molecule has 7 nitrogen and oxygen atoms in total. The fraction of sp³-hybridized carbons (Fsp3) is 0.417. The van der Waals surface area contributed by atoms with Gasteiger partial charge >= 0.3 is 0 Å². The van der Waals surface area contributed by atoms with Crippen LogP contribution >= 0.6 is 24.0 Å². The van der Waals surface area contributed by atoms with Crippen LogP contribution in [0.1, 0.15) is 34.8 Å². The molecule has 174 valence electrons. The molecule has 1 aliphatic rings. The largest absolute Gasteiger partial charge is 0.490 e. The minimum Gasteiger partial charge on any atom is -0.490 e. The number of hydrogen-bond donors (Lipinski definition) is 2. The second-order valence-electron chi connectivity index (χ2n) is 7.60. The zero-order chi connectivity index (χ0) is 22.1. The number of aliphatic imine (C=N–C) groups is 1. The fourth-order valence-electron chi connectivity index (χ4n) is 3.26. The molecule has 0 atom stereocenters. The van der Waals surface area contributed by atoms with E-state index in [0.717, 1.165) is 48.0 Å². The van der Waals surface area contributed by atoms with E-state index >= 15 is 0 Å². The van der Waals surface area contributed by atoms with E-state index < -0.39 is 0 Å². The van der Waals surface area contributed by atoms with Crippen LogP contribution in [0.25, 0.3) is 0 Å². The number of amides is 1. The molecule has 1 heterocycles. The van der Waals surface area contributed by atoms with Gasteiger partial charge in [-0.3, -0.25) is 4.79 Å². The van der Waals surface area contributed by atoms with Crippen molar-refractivity contribution < 1.29 is 14.3 Å². The lowest BCUT2D eigenvalue weighted by molar-refractivity contribution is 0.0827. The van der Waals surface area contributed by atoms with Crippen LogP contribution in [0.3, 0.4) is 0 Å². The molecule has 0 radical (unpaired) electrons. The molecule has 0 saturated heterocycles. The van der Waals surface area contributed by atoms with Gasteiger partial charge in [-0.1, -0.05) is 18.2 Å². The van der Waals surface area contributed by atoms with Gasteiger partial charge in [0.05, 0.1) is 19.8 Å². The molecule has 0 fully saturated rings. The summed E-state index contributed by atoms with van der Waals surface area (Å²) in [4.78, 5) is 18.4. The molecule has 2 N–H and O–H groups in total. The Morgan fingerprint density at radius 3 is 2.56 bits per heavy atom. The van der Waals surface area contributed by atoms with Gasteiger partial charge in [-0.2, -0.15) is 0 Å². The van der Waals surface area contributed by atoms with Gasteiger partial charge in [0.15, 0.2) is 17.5 Å². The zero-order valence-electron chi connectivity index (χ0n) is 19.0. The summed E-state index contributed by atoms with van der Waals surface area (Å²) in [7, 11) is 3.53. The predicted octanol–water partition coefficient (Wildman–Crippen LogP) is 3.47. The van der Waals surface area contributed by atoms with Crippen LogP contribution in [-0.2, 0) is 13.0 Å². The molecule has 1 aliphatic heterocycles. The molecule has 0 bridgehead atoms. The summed E-state index contributed by atoms with van der Waals surface area (Å²) in [5.74, 6) is 2.36. The standard InChI is InChI=1S/C24H32N4O3.HI/c1-4-25-24(26-12-11-18-7-5-8-20(15-18)23(29)28(2)3)27-17-19-9-10-21-22(16-19)31-14-6-13-30-21;/h5,7-10,15-16H,4,6,11-14,17H2,1-3H3,(H2,25,26,27);1H. The summed E-state index contributed by atoms with van der Waals surface area (Å²) >= 11 is 0. The Kier molecular flexibility index (Phi) is 10.6. The van der Waals surface area contributed by atoms with E-state index in [0.29, 0.717) is 31.9 Å². The Morgan fingerprint density at radius 2 is 1.81 bits per heavy atom. The van der Waals surface area contributed by atoms with E-state index in [1.807, 2.05) is 49.4 Å². The third-order valence-electron chi connectivity index (χ3n) is 4.86.